The minimum Gasteiger partial charge on any atom is -0.455 e. The van der Waals surface area contributed by atoms with Gasteiger partial charge in [0.05, 0.1) is 27.9 Å². The maximum Gasteiger partial charge on any atom is 0.306 e. The standard InChI is InChI=1S/C22H20N2O4S3/c1-14-6-8-20(31-14)17(25)7-9-22(27)28-13-21(26)24-16(19-5-3-11-30-19)12-15(23-24)18-4-2-10-29-18/h2-6,8,10-11,16H,7,9,12-13H2,1H3. The van der Waals surface area contributed by atoms with Gasteiger partial charge < -0.3 is 4.74 Å². The third kappa shape index (κ3) is 5.17. The van der Waals surface area contributed by atoms with Crippen molar-refractivity contribution in [1.82, 2.24) is 5.01 Å². The summed E-state index contributed by atoms with van der Waals surface area (Å²) in [4.78, 5) is 40.8. The van der Waals surface area contributed by atoms with Crippen molar-refractivity contribution in [3.05, 3.63) is 66.7 Å². The molecule has 3 aromatic heterocycles. The Morgan fingerprint density at radius 1 is 1.10 bits per heavy atom. The van der Waals surface area contributed by atoms with Gasteiger partial charge in [0.1, 0.15) is 0 Å². The highest BCUT2D eigenvalue weighted by Crippen LogP contribution is 2.35. The van der Waals surface area contributed by atoms with Crippen LogP contribution in [0.15, 0.2) is 52.3 Å². The second-order valence-electron chi connectivity index (χ2n) is 6.99. The molecule has 1 aliphatic heterocycles. The Balaban J connectivity index is 1.34. The molecule has 31 heavy (non-hydrogen) atoms. The van der Waals surface area contributed by atoms with E-state index in [4.69, 9.17) is 4.74 Å². The molecule has 1 aliphatic rings. The van der Waals surface area contributed by atoms with Crippen molar-refractivity contribution >= 4 is 57.4 Å². The monoisotopic (exact) mass is 472 g/mol. The summed E-state index contributed by atoms with van der Waals surface area (Å²) in [6.07, 6.45) is 0.631. The molecule has 0 spiro atoms. The van der Waals surface area contributed by atoms with Crippen LogP contribution in [0.5, 0.6) is 0 Å². The maximum absolute atomic E-state index is 12.8. The number of hydrazone groups is 1. The van der Waals surface area contributed by atoms with Crippen LogP contribution in [-0.2, 0) is 14.3 Å². The Morgan fingerprint density at radius 2 is 1.90 bits per heavy atom. The molecule has 0 saturated carbocycles. The van der Waals surface area contributed by atoms with Gasteiger partial charge in [0.25, 0.3) is 5.91 Å². The Labute approximate surface area is 191 Å². The van der Waals surface area contributed by atoms with Crippen molar-refractivity contribution in [2.24, 2.45) is 5.10 Å². The van der Waals surface area contributed by atoms with Crippen LogP contribution in [0, 0.1) is 6.92 Å². The van der Waals surface area contributed by atoms with Crippen LogP contribution in [-0.4, -0.2) is 35.0 Å². The summed E-state index contributed by atoms with van der Waals surface area (Å²) < 4.78 is 5.16. The molecule has 4 rings (SSSR count). The molecule has 4 heterocycles. The van der Waals surface area contributed by atoms with E-state index in [1.54, 1.807) is 28.7 Å². The van der Waals surface area contributed by atoms with E-state index >= 15 is 0 Å². The summed E-state index contributed by atoms with van der Waals surface area (Å²) in [5.74, 6) is -1.04. The predicted octanol–water partition coefficient (Wildman–Crippen LogP) is 5.06. The highest BCUT2D eigenvalue weighted by Gasteiger charge is 2.34. The number of hydrogen-bond donors (Lipinski definition) is 0. The predicted molar refractivity (Wildman–Crippen MR) is 123 cm³/mol. The summed E-state index contributed by atoms with van der Waals surface area (Å²) in [5.41, 5.74) is 0.852. The quantitative estimate of drug-likeness (QED) is 0.339. The SMILES string of the molecule is Cc1ccc(C(=O)CCC(=O)OCC(=O)N2N=C(c3cccs3)CC2c2cccs2)s1. The van der Waals surface area contributed by atoms with Crippen LogP contribution in [0.25, 0.3) is 0 Å². The average molecular weight is 473 g/mol. The van der Waals surface area contributed by atoms with E-state index in [0.29, 0.717) is 11.3 Å². The lowest BCUT2D eigenvalue weighted by atomic mass is 10.1. The molecular formula is C22H20N2O4S3. The molecule has 0 N–H and O–H groups in total. The van der Waals surface area contributed by atoms with Gasteiger partial charge in [0.2, 0.25) is 0 Å². The van der Waals surface area contributed by atoms with Crippen LogP contribution in [0.2, 0.25) is 0 Å². The molecule has 9 heteroatoms. The highest BCUT2D eigenvalue weighted by atomic mass is 32.1. The fraction of sp³-hybridized carbons (Fsp3) is 0.273. The Morgan fingerprint density at radius 3 is 2.58 bits per heavy atom. The number of nitrogens with zero attached hydrogens (tertiary/aromatic N) is 2. The largest absolute Gasteiger partial charge is 0.455 e. The molecule has 0 fully saturated rings. The number of ether oxygens (including phenoxy) is 1. The second-order valence-corrected chi connectivity index (χ2v) is 10.2. The number of carbonyl (C=O) groups excluding carboxylic acids is 3. The molecule has 1 atom stereocenters. The average Bonchev–Trinajstić information content (AvgIpc) is 3.54. The summed E-state index contributed by atoms with van der Waals surface area (Å²) in [6, 6.07) is 11.3. The zero-order chi connectivity index (χ0) is 21.8. The lowest BCUT2D eigenvalue weighted by Crippen LogP contribution is -2.31. The van der Waals surface area contributed by atoms with Gasteiger partial charge in [0.15, 0.2) is 12.4 Å². The Hall–Kier alpha value is -2.62. The van der Waals surface area contributed by atoms with E-state index < -0.39 is 12.6 Å². The van der Waals surface area contributed by atoms with Gasteiger partial charge in [0, 0.05) is 22.6 Å². The van der Waals surface area contributed by atoms with Gasteiger partial charge in [-0.05, 0) is 41.9 Å². The number of amides is 1. The zero-order valence-corrected chi connectivity index (χ0v) is 19.2. The second kappa shape index (κ2) is 9.67. The van der Waals surface area contributed by atoms with Gasteiger partial charge >= 0.3 is 5.97 Å². The fourth-order valence-electron chi connectivity index (χ4n) is 3.24. The van der Waals surface area contributed by atoms with Crippen molar-refractivity contribution in [1.29, 1.82) is 0 Å². The number of hydrogen-bond acceptors (Lipinski definition) is 8. The number of Topliss-reactive ketones (excluding diaryl/α,β-unsaturated/α-hetero) is 1. The van der Waals surface area contributed by atoms with E-state index in [1.807, 2.05) is 48.0 Å². The number of carbonyl (C=O) groups is 3. The maximum atomic E-state index is 12.8. The molecule has 0 bridgehead atoms. The van der Waals surface area contributed by atoms with E-state index in [0.717, 1.165) is 20.3 Å². The van der Waals surface area contributed by atoms with Gasteiger partial charge in [-0.25, -0.2) is 5.01 Å². The minimum atomic E-state index is -0.565. The van der Waals surface area contributed by atoms with Gasteiger partial charge in [-0.2, -0.15) is 5.10 Å². The number of thiophene rings is 3. The molecule has 0 radical (unpaired) electrons. The van der Waals surface area contributed by atoms with Crippen LogP contribution in [0.3, 0.4) is 0 Å². The van der Waals surface area contributed by atoms with E-state index in [9.17, 15) is 14.4 Å². The van der Waals surface area contributed by atoms with E-state index in [-0.39, 0.29) is 30.6 Å². The van der Waals surface area contributed by atoms with Gasteiger partial charge in [-0.3, -0.25) is 14.4 Å². The third-order valence-electron chi connectivity index (χ3n) is 4.77. The summed E-state index contributed by atoms with van der Waals surface area (Å²) in [7, 11) is 0. The first-order chi connectivity index (χ1) is 15.0. The summed E-state index contributed by atoms with van der Waals surface area (Å²) >= 11 is 4.55. The smallest absolute Gasteiger partial charge is 0.306 e. The molecule has 0 saturated heterocycles. The van der Waals surface area contributed by atoms with Crippen LogP contribution in [0.1, 0.15) is 49.6 Å². The highest BCUT2D eigenvalue weighted by molar-refractivity contribution is 7.14. The molecule has 160 valence electrons. The zero-order valence-electron chi connectivity index (χ0n) is 16.8. The normalized spacial score (nSPS) is 15.7. The van der Waals surface area contributed by atoms with Crippen molar-refractivity contribution in [3.63, 3.8) is 0 Å². The Kier molecular flexibility index (Phi) is 6.74. The van der Waals surface area contributed by atoms with Crippen molar-refractivity contribution in [2.45, 2.75) is 32.2 Å². The van der Waals surface area contributed by atoms with Crippen molar-refractivity contribution in [3.8, 4) is 0 Å². The van der Waals surface area contributed by atoms with Crippen LogP contribution >= 0.6 is 34.0 Å². The minimum absolute atomic E-state index is 0.0544. The van der Waals surface area contributed by atoms with Gasteiger partial charge in [-0.15, -0.1) is 34.0 Å². The number of ketones is 1. The summed E-state index contributed by atoms with van der Waals surface area (Å²) in [6.45, 7) is 1.53. The lowest BCUT2D eigenvalue weighted by molar-refractivity contribution is -0.152. The number of aryl methyl sites for hydroxylation is 1. The van der Waals surface area contributed by atoms with Crippen molar-refractivity contribution < 1.29 is 19.1 Å². The Bertz CT molecular complexity index is 1100. The summed E-state index contributed by atoms with van der Waals surface area (Å²) in [5, 5.41) is 9.90. The molecular weight excluding hydrogens is 452 g/mol. The fourth-order valence-corrected chi connectivity index (χ4v) is 5.61. The molecule has 1 amide bonds. The molecule has 0 aliphatic carbocycles. The first-order valence-electron chi connectivity index (χ1n) is 9.73. The molecule has 3 aromatic rings. The lowest BCUT2D eigenvalue weighted by Gasteiger charge is -2.20. The van der Waals surface area contributed by atoms with Crippen LogP contribution < -0.4 is 0 Å². The van der Waals surface area contributed by atoms with E-state index in [2.05, 4.69) is 5.10 Å². The van der Waals surface area contributed by atoms with Gasteiger partial charge in [-0.1, -0.05) is 12.1 Å². The molecule has 6 nitrogen and oxygen atoms in total. The molecule has 0 aromatic carbocycles. The first kappa shape index (κ1) is 21.6. The number of rotatable bonds is 8. The third-order valence-corrected chi connectivity index (χ3v) is 7.71. The first-order valence-corrected chi connectivity index (χ1v) is 12.3. The topological polar surface area (TPSA) is 76.0 Å². The van der Waals surface area contributed by atoms with Crippen molar-refractivity contribution in [2.75, 3.05) is 6.61 Å². The van der Waals surface area contributed by atoms with Crippen LogP contribution in [0.4, 0.5) is 0 Å². The number of esters is 1. The van der Waals surface area contributed by atoms with E-state index in [1.165, 1.54) is 16.3 Å². The molecule has 1 unspecified atom stereocenters.